The van der Waals surface area contributed by atoms with Crippen molar-refractivity contribution in [2.75, 3.05) is 44.2 Å². The number of anilines is 1. The lowest BCUT2D eigenvalue weighted by atomic mass is 10.1. The second-order valence-corrected chi connectivity index (χ2v) is 7.58. The Morgan fingerprint density at radius 3 is 2.41 bits per heavy atom. The van der Waals surface area contributed by atoms with Gasteiger partial charge in [0, 0.05) is 57.7 Å². The number of aromatic nitrogens is 2. The van der Waals surface area contributed by atoms with Crippen LogP contribution >= 0.6 is 0 Å². The van der Waals surface area contributed by atoms with Crippen LogP contribution in [0.2, 0.25) is 0 Å². The summed E-state index contributed by atoms with van der Waals surface area (Å²) in [5.41, 5.74) is 1.58. The van der Waals surface area contributed by atoms with Crippen LogP contribution in [0.5, 0.6) is 0 Å². The molecule has 0 radical (unpaired) electrons. The van der Waals surface area contributed by atoms with Gasteiger partial charge < -0.3 is 9.80 Å². The summed E-state index contributed by atoms with van der Waals surface area (Å²) >= 11 is 0. The highest BCUT2D eigenvalue weighted by Gasteiger charge is 2.33. The van der Waals surface area contributed by atoms with Crippen molar-refractivity contribution in [3.63, 3.8) is 0 Å². The zero-order valence-electron chi connectivity index (χ0n) is 16.1. The Labute approximate surface area is 167 Å². The average Bonchev–Trinajstić information content (AvgIpc) is 3.40. The maximum Gasteiger partial charge on any atom is 0.419 e. The smallest absolute Gasteiger partial charge is 0.372 e. The SMILES string of the molecule is O=C(N1CCN(Cc2cccc(N3CCCC3)c2)CC1)n1cc(C(F)(F)F)cn1. The average molecular weight is 407 g/mol. The summed E-state index contributed by atoms with van der Waals surface area (Å²) in [5, 5.41) is 3.58. The molecule has 4 rings (SSSR count). The molecule has 0 atom stereocenters. The molecule has 1 aromatic carbocycles. The van der Waals surface area contributed by atoms with Crippen molar-refractivity contribution in [2.45, 2.75) is 25.6 Å². The minimum atomic E-state index is -4.50. The number of hydrogen-bond acceptors (Lipinski definition) is 4. The molecule has 0 spiro atoms. The molecule has 0 aliphatic carbocycles. The molecule has 2 aromatic rings. The molecule has 0 N–H and O–H groups in total. The quantitative estimate of drug-likeness (QED) is 0.783. The second kappa shape index (κ2) is 8.06. The van der Waals surface area contributed by atoms with Crippen LogP contribution in [0, 0.1) is 0 Å². The lowest BCUT2D eigenvalue weighted by molar-refractivity contribution is -0.137. The molecule has 6 nitrogen and oxygen atoms in total. The summed E-state index contributed by atoms with van der Waals surface area (Å²) in [5.74, 6) is 0. The van der Waals surface area contributed by atoms with Crippen LogP contribution in [0.1, 0.15) is 24.0 Å². The monoisotopic (exact) mass is 407 g/mol. The standard InChI is InChI=1S/C20H24F3N5O/c21-20(22,23)17-13-24-28(15-17)19(29)27-10-8-25(9-11-27)14-16-4-3-5-18(12-16)26-6-1-2-7-26/h3-5,12-13,15H,1-2,6-11,14H2. The van der Waals surface area contributed by atoms with E-state index in [0.29, 0.717) is 32.4 Å². The van der Waals surface area contributed by atoms with Gasteiger partial charge in [-0.15, -0.1) is 0 Å². The number of hydrogen-bond donors (Lipinski definition) is 0. The topological polar surface area (TPSA) is 44.6 Å². The van der Waals surface area contributed by atoms with Crippen LogP contribution in [0.4, 0.5) is 23.7 Å². The van der Waals surface area contributed by atoms with E-state index < -0.39 is 17.8 Å². The number of carbonyl (C=O) groups excluding carboxylic acids is 1. The lowest BCUT2D eigenvalue weighted by Gasteiger charge is -2.34. The van der Waals surface area contributed by atoms with Gasteiger partial charge in [0.1, 0.15) is 0 Å². The van der Waals surface area contributed by atoms with E-state index in [1.54, 1.807) is 4.90 Å². The fourth-order valence-corrected chi connectivity index (χ4v) is 3.90. The highest BCUT2D eigenvalue weighted by molar-refractivity contribution is 5.76. The van der Waals surface area contributed by atoms with Crippen molar-refractivity contribution < 1.29 is 18.0 Å². The number of amides is 1. The fraction of sp³-hybridized carbons (Fsp3) is 0.500. The number of benzene rings is 1. The van der Waals surface area contributed by atoms with Crippen molar-refractivity contribution in [3.05, 3.63) is 47.8 Å². The molecule has 1 aromatic heterocycles. The molecular formula is C20H24F3N5O. The first kappa shape index (κ1) is 19.8. The Morgan fingerprint density at radius 1 is 1.03 bits per heavy atom. The normalized spacial score (nSPS) is 18.4. The first-order valence-electron chi connectivity index (χ1n) is 9.87. The molecule has 3 heterocycles. The van der Waals surface area contributed by atoms with Crippen molar-refractivity contribution >= 4 is 11.7 Å². The van der Waals surface area contributed by atoms with E-state index >= 15 is 0 Å². The first-order valence-corrected chi connectivity index (χ1v) is 9.87. The van der Waals surface area contributed by atoms with Gasteiger partial charge in [0.15, 0.2) is 0 Å². The second-order valence-electron chi connectivity index (χ2n) is 7.58. The number of rotatable bonds is 3. The number of halogens is 3. The fourth-order valence-electron chi connectivity index (χ4n) is 3.90. The Morgan fingerprint density at radius 2 is 1.76 bits per heavy atom. The molecule has 1 amide bonds. The molecule has 156 valence electrons. The number of piperazine rings is 1. The maximum absolute atomic E-state index is 12.7. The molecule has 9 heteroatoms. The van der Waals surface area contributed by atoms with E-state index in [1.807, 2.05) is 0 Å². The van der Waals surface area contributed by atoms with Gasteiger partial charge in [-0.2, -0.15) is 23.0 Å². The Balaban J connectivity index is 1.32. The van der Waals surface area contributed by atoms with Crippen LogP contribution in [-0.4, -0.2) is 64.9 Å². The van der Waals surface area contributed by atoms with Crippen molar-refractivity contribution in [1.29, 1.82) is 0 Å². The van der Waals surface area contributed by atoms with Crippen LogP contribution in [-0.2, 0) is 12.7 Å². The first-order chi connectivity index (χ1) is 13.9. The highest BCUT2D eigenvalue weighted by atomic mass is 19.4. The van der Waals surface area contributed by atoms with Crippen molar-refractivity contribution in [1.82, 2.24) is 19.6 Å². The van der Waals surface area contributed by atoms with Gasteiger partial charge in [-0.05, 0) is 30.5 Å². The van der Waals surface area contributed by atoms with E-state index in [0.717, 1.165) is 30.5 Å². The summed E-state index contributed by atoms with van der Waals surface area (Å²) in [4.78, 5) is 18.6. The van der Waals surface area contributed by atoms with Crippen molar-refractivity contribution in [3.8, 4) is 0 Å². The van der Waals surface area contributed by atoms with E-state index in [1.165, 1.54) is 24.1 Å². The molecule has 0 saturated carbocycles. The summed E-state index contributed by atoms with van der Waals surface area (Å²) in [7, 11) is 0. The lowest BCUT2D eigenvalue weighted by Crippen LogP contribution is -2.49. The van der Waals surface area contributed by atoms with Gasteiger partial charge in [-0.25, -0.2) is 4.79 Å². The van der Waals surface area contributed by atoms with Crippen molar-refractivity contribution in [2.24, 2.45) is 0 Å². The zero-order valence-corrected chi connectivity index (χ0v) is 16.1. The molecule has 29 heavy (non-hydrogen) atoms. The molecule has 2 aliphatic rings. The largest absolute Gasteiger partial charge is 0.419 e. The molecule has 2 fully saturated rings. The van der Waals surface area contributed by atoms with Gasteiger partial charge in [0.25, 0.3) is 0 Å². The number of alkyl halides is 3. The van der Waals surface area contributed by atoms with Crippen LogP contribution in [0.15, 0.2) is 36.7 Å². The number of carbonyl (C=O) groups is 1. The molecule has 0 unspecified atom stereocenters. The van der Waals surface area contributed by atoms with Gasteiger partial charge in [0.2, 0.25) is 0 Å². The minimum absolute atomic E-state index is 0.464. The van der Waals surface area contributed by atoms with Gasteiger partial charge in [0.05, 0.1) is 11.8 Å². The zero-order chi connectivity index (χ0) is 20.4. The van der Waals surface area contributed by atoms with E-state index in [2.05, 4.69) is 39.2 Å². The number of nitrogens with zero attached hydrogens (tertiary/aromatic N) is 5. The van der Waals surface area contributed by atoms with Crippen LogP contribution < -0.4 is 4.90 Å². The van der Waals surface area contributed by atoms with Gasteiger partial charge >= 0.3 is 12.2 Å². The summed E-state index contributed by atoms with van der Waals surface area (Å²) in [6.45, 7) is 5.28. The summed E-state index contributed by atoms with van der Waals surface area (Å²) in [6.07, 6.45) is -0.594. The Bertz CT molecular complexity index is 852. The molecular weight excluding hydrogens is 383 g/mol. The Kier molecular flexibility index (Phi) is 5.49. The predicted octanol–water partition coefficient (Wildman–Crippen LogP) is 3.29. The van der Waals surface area contributed by atoms with Gasteiger partial charge in [-0.1, -0.05) is 12.1 Å². The minimum Gasteiger partial charge on any atom is -0.372 e. The third-order valence-corrected chi connectivity index (χ3v) is 5.54. The van der Waals surface area contributed by atoms with E-state index in [9.17, 15) is 18.0 Å². The summed E-state index contributed by atoms with van der Waals surface area (Å²) in [6, 6.07) is 8.05. The third kappa shape index (κ3) is 4.55. The van der Waals surface area contributed by atoms with Crippen LogP contribution in [0.3, 0.4) is 0 Å². The summed E-state index contributed by atoms with van der Waals surface area (Å²) < 4.78 is 38.9. The maximum atomic E-state index is 12.7. The highest BCUT2D eigenvalue weighted by Crippen LogP contribution is 2.28. The van der Waals surface area contributed by atoms with Gasteiger partial charge in [-0.3, -0.25) is 4.90 Å². The molecule has 0 bridgehead atoms. The third-order valence-electron chi connectivity index (χ3n) is 5.54. The van der Waals surface area contributed by atoms with Crippen LogP contribution in [0.25, 0.3) is 0 Å². The Hall–Kier alpha value is -2.55. The molecule has 2 aliphatic heterocycles. The molecule has 2 saturated heterocycles. The van der Waals surface area contributed by atoms with E-state index in [-0.39, 0.29) is 0 Å². The van der Waals surface area contributed by atoms with E-state index in [4.69, 9.17) is 0 Å². The predicted molar refractivity (Wildman–Crippen MR) is 103 cm³/mol.